The molecule has 192 valence electrons. The Balaban J connectivity index is 2.02. The molecule has 1 N–H and O–H groups in total. The van der Waals surface area contributed by atoms with Crippen LogP contribution in [0, 0.1) is 5.82 Å². The minimum atomic E-state index is -5.16. The third-order valence-electron chi connectivity index (χ3n) is 5.70. The third kappa shape index (κ3) is 4.93. The van der Waals surface area contributed by atoms with E-state index in [0.717, 1.165) is 49.1 Å². The summed E-state index contributed by atoms with van der Waals surface area (Å²) in [6.45, 7) is 1.11. The van der Waals surface area contributed by atoms with Crippen LogP contribution in [0.15, 0.2) is 53.5 Å². The van der Waals surface area contributed by atoms with Crippen LogP contribution in [0.1, 0.15) is 34.3 Å². The Bertz CT molecular complexity index is 1380. The highest BCUT2D eigenvalue weighted by Gasteiger charge is 2.59. The normalized spacial score (nSPS) is 14.2. The van der Waals surface area contributed by atoms with Crippen molar-refractivity contribution in [1.29, 1.82) is 0 Å². The van der Waals surface area contributed by atoms with Gasteiger partial charge in [0.2, 0.25) is 5.56 Å². The van der Waals surface area contributed by atoms with Crippen LogP contribution in [-0.2, 0) is 17.4 Å². The first-order chi connectivity index (χ1) is 16.7. The van der Waals surface area contributed by atoms with Crippen LogP contribution >= 0.6 is 23.2 Å². The summed E-state index contributed by atoms with van der Waals surface area (Å²) in [5, 5.41) is 10.3. The number of carbonyl (C=O) groups excluding carboxylic acids is 1. The van der Waals surface area contributed by atoms with Crippen molar-refractivity contribution in [2.45, 2.75) is 24.6 Å². The van der Waals surface area contributed by atoms with Gasteiger partial charge in [-0.1, -0.05) is 36.2 Å². The second-order valence-electron chi connectivity index (χ2n) is 7.87. The van der Waals surface area contributed by atoms with E-state index in [4.69, 9.17) is 27.9 Å². The zero-order valence-corrected chi connectivity index (χ0v) is 20.5. The summed E-state index contributed by atoms with van der Waals surface area (Å²) in [7, 11) is 2.35. The van der Waals surface area contributed by atoms with Gasteiger partial charge in [0, 0.05) is 36.9 Å². The standard InChI is InChI=1S/C24H19Cl2F4NO5/c1-12(23(34,24(28,29)30)13-4-9-19(32)31(2)11-13)15-7-8-18(21(26)20(15)25)36-14-5-6-16(17(27)10-14)22(33)35-3/h4-12,34H,1-3H3. The largest absolute Gasteiger partial charge is 0.465 e. The molecule has 1 aromatic heterocycles. The molecule has 0 spiro atoms. The third-order valence-corrected chi connectivity index (χ3v) is 6.58. The lowest BCUT2D eigenvalue weighted by atomic mass is 9.78. The molecule has 12 heteroatoms. The number of nitrogens with zero attached hydrogens (tertiary/aromatic N) is 1. The molecule has 0 aliphatic carbocycles. The molecule has 0 amide bonds. The maximum Gasteiger partial charge on any atom is 0.422 e. The molecule has 0 saturated carbocycles. The second kappa shape index (κ2) is 10.1. The number of aliphatic hydroxyl groups is 1. The van der Waals surface area contributed by atoms with Crippen LogP contribution in [0.2, 0.25) is 10.0 Å². The smallest absolute Gasteiger partial charge is 0.422 e. The lowest BCUT2D eigenvalue weighted by Crippen LogP contribution is -2.47. The Kier molecular flexibility index (Phi) is 7.73. The van der Waals surface area contributed by atoms with E-state index in [-0.39, 0.29) is 32.7 Å². The zero-order chi connectivity index (χ0) is 27.0. The fourth-order valence-corrected chi connectivity index (χ4v) is 4.16. The van der Waals surface area contributed by atoms with Crippen molar-refractivity contribution in [3.05, 3.63) is 91.6 Å². The van der Waals surface area contributed by atoms with E-state index in [1.807, 2.05) is 0 Å². The van der Waals surface area contributed by atoms with E-state index >= 15 is 0 Å². The second-order valence-corrected chi connectivity index (χ2v) is 8.62. The van der Waals surface area contributed by atoms with Crippen LogP contribution in [0.3, 0.4) is 0 Å². The molecule has 6 nitrogen and oxygen atoms in total. The Labute approximate surface area is 212 Å². The number of rotatable bonds is 6. The SMILES string of the molecule is COC(=O)c1ccc(Oc2ccc(C(C)C(O)(c3ccc(=O)n(C)c3)C(F)(F)F)c(Cl)c2Cl)cc1F. The number of halogens is 6. The molecule has 2 aromatic carbocycles. The molecule has 0 saturated heterocycles. The van der Waals surface area contributed by atoms with Gasteiger partial charge in [-0.2, -0.15) is 13.2 Å². The van der Waals surface area contributed by atoms with Gasteiger partial charge in [0.05, 0.1) is 17.7 Å². The Morgan fingerprint density at radius 2 is 1.75 bits per heavy atom. The summed E-state index contributed by atoms with van der Waals surface area (Å²) in [6.07, 6.45) is -4.26. The van der Waals surface area contributed by atoms with E-state index in [1.165, 1.54) is 25.2 Å². The summed E-state index contributed by atoms with van der Waals surface area (Å²) in [4.78, 5) is 23.2. The van der Waals surface area contributed by atoms with E-state index in [2.05, 4.69) is 4.74 Å². The molecular formula is C24H19Cl2F4NO5. The average molecular weight is 548 g/mol. The van der Waals surface area contributed by atoms with Crippen molar-refractivity contribution in [3.8, 4) is 11.5 Å². The number of ether oxygens (including phenoxy) is 2. The van der Waals surface area contributed by atoms with Crippen LogP contribution < -0.4 is 10.3 Å². The maximum atomic E-state index is 14.2. The first-order valence-corrected chi connectivity index (χ1v) is 11.0. The minimum absolute atomic E-state index is 0.0732. The van der Waals surface area contributed by atoms with E-state index in [9.17, 15) is 32.3 Å². The van der Waals surface area contributed by atoms with Crippen LogP contribution in [0.5, 0.6) is 11.5 Å². The summed E-state index contributed by atoms with van der Waals surface area (Å²) >= 11 is 12.6. The van der Waals surface area contributed by atoms with Gasteiger partial charge in [-0.15, -0.1) is 0 Å². The predicted molar refractivity (Wildman–Crippen MR) is 124 cm³/mol. The molecule has 0 fully saturated rings. The lowest BCUT2D eigenvalue weighted by Gasteiger charge is -2.37. The average Bonchev–Trinajstić information content (AvgIpc) is 2.82. The van der Waals surface area contributed by atoms with Gasteiger partial charge in [0.1, 0.15) is 22.3 Å². The first kappa shape index (κ1) is 27.5. The fourth-order valence-electron chi connectivity index (χ4n) is 3.63. The molecule has 0 aliphatic rings. The molecule has 0 radical (unpaired) electrons. The zero-order valence-electron chi connectivity index (χ0n) is 19.0. The quantitative estimate of drug-likeness (QED) is 0.304. The molecule has 0 bridgehead atoms. The molecule has 1 heterocycles. The topological polar surface area (TPSA) is 77.8 Å². The lowest BCUT2D eigenvalue weighted by molar-refractivity contribution is -0.274. The molecular weight excluding hydrogens is 529 g/mol. The van der Waals surface area contributed by atoms with Gasteiger partial charge in [-0.3, -0.25) is 4.79 Å². The number of aromatic nitrogens is 1. The van der Waals surface area contributed by atoms with Gasteiger partial charge >= 0.3 is 12.1 Å². The number of esters is 1. The van der Waals surface area contributed by atoms with Crippen molar-refractivity contribution in [3.63, 3.8) is 0 Å². The van der Waals surface area contributed by atoms with Crippen LogP contribution in [-0.4, -0.2) is 28.9 Å². The Hall–Kier alpha value is -3.08. The Morgan fingerprint density at radius 1 is 1.08 bits per heavy atom. The van der Waals surface area contributed by atoms with Crippen molar-refractivity contribution in [2.24, 2.45) is 7.05 Å². The number of methoxy groups -OCH3 is 1. The minimum Gasteiger partial charge on any atom is -0.465 e. The predicted octanol–water partition coefficient (Wildman–Crippen LogP) is 5.96. The number of hydrogen-bond donors (Lipinski definition) is 1. The summed E-state index contributed by atoms with van der Waals surface area (Å²) in [5.74, 6) is -3.68. The van der Waals surface area contributed by atoms with Gasteiger partial charge in [0.25, 0.3) is 0 Å². The van der Waals surface area contributed by atoms with Gasteiger partial charge in [-0.05, 0) is 29.8 Å². The summed E-state index contributed by atoms with van der Waals surface area (Å²) < 4.78 is 67.7. The van der Waals surface area contributed by atoms with Gasteiger partial charge in [-0.25, -0.2) is 9.18 Å². The number of pyridine rings is 1. The molecule has 36 heavy (non-hydrogen) atoms. The fraction of sp³-hybridized carbons (Fsp3) is 0.250. The Morgan fingerprint density at radius 3 is 2.31 bits per heavy atom. The number of benzene rings is 2. The summed E-state index contributed by atoms with van der Waals surface area (Å²) in [5.41, 5.74) is -5.05. The highest BCUT2D eigenvalue weighted by atomic mass is 35.5. The summed E-state index contributed by atoms with van der Waals surface area (Å²) in [6, 6.07) is 7.49. The first-order valence-electron chi connectivity index (χ1n) is 10.2. The van der Waals surface area contributed by atoms with Crippen LogP contribution in [0.25, 0.3) is 0 Å². The van der Waals surface area contributed by atoms with Crippen molar-refractivity contribution < 1.29 is 36.9 Å². The number of carbonyl (C=O) groups is 1. The number of aryl methyl sites for hydroxylation is 1. The van der Waals surface area contributed by atoms with Gasteiger partial charge < -0.3 is 19.1 Å². The monoisotopic (exact) mass is 547 g/mol. The highest BCUT2D eigenvalue weighted by molar-refractivity contribution is 6.43. The number of alkyl halides is 3. The van der Waals surface area contributed by atoms with E-state index in [0.29, 0.717) is 0 Å². The van der Waals surface area contributed by atoms with Crippen molar-refractivity contribution in [2.75, 3.05) is 7.11 Å². The highest BCUT2D eigenvalue weighted by Crippen LogP contribution is 2.51. The number of hydrogen-bond acceptors (Lipinski definition) is 5. The molecule has 2 unspecified atom stereocenters. The molecule has 0 aliphatic heterocycles. The van der Waals surface area contributed by atoms with Crippen molar-refractivity contribution >= 4 is 29.2 Å². The molecule has 3 rings (SSSR count). The van der Waals surface area contributed by atoms with Crippen molar-refractivity contribution in [1.82, 2.24) is 4.57 Å². The van der Waals surface area contributed by atoms with E-state index in [1.54, 1.807) is 0 Å². The van der Waals surface area contributed by atoms with E-state index < -0.39 is 40.6 Å². The van der Waals surface area contributed by atoms with Crippen LogP contribution in [0.4, 0.5) is 17.6 Å². The molecule has 3 aromatic rings. The molecule has 2 atom stereocenters. The maximum absolute atomic E-state index is 14.2. The van der Waals surface area contributed by atoms with Gasteiger partial charge in [0.15, 0.2) is 5.60 Å².